The maximum Gasteiger partial charge on any atom is 0.0835 e. The lowest BCUT2D eigenvalue weighted by Crippen LogP contribution is -2.12. The van der Waals surface area contributed by atoms with Gasteiger partial charge in [0.25, 0.3) is 0 Å². The first-order valence-electron chi connectivity index (χ1n) is 4.18. The Morgan fingerprint density at radius 1 is 1.36 bits per heavy atom. The first-order chi connectivity index (χ1) is 6.79. The molecule has 0 saturated carbocycles. The molecule has 2 heterocycles. The van der Waals surface area contributed by atoms with Crippen molar-refractivity contribution < 1.29 is 0 Å². The molecule has 2 rings (SSSR count). The van der Waals surface area contributed by atoms with Crippen LogP contribution in [-0.2, 0) is 0 Å². The molecule has 2 aromatic heterocycles. The van der Waals surface area contributed by atoms with E-state index in [4.69, 9.17) is 17.3 Å². The van der Waals surface area contributed by atoms with E-state index in [2.05, 4.69) is 4.98 Å². The molecule has 2 nitrogen and oxygen atoms in total. The fourth-order valence-electron chi connectivity index (χ4n) is 1.23. The molecule has 1 atom stereocenters. The SMILES string of the molecule is NC(c1cccs1)c1ncccc1Cl. The number of halogens is 1. The summed E-state index contributed by atoms with van der Waals surface area (Å²) in [6.07, 6.45) is 1.70. The average Bonchev–Trinajstić information content (AvgIpc) is 2.70. The highest BCUT2D eigenvalue weighted by molar-refractivity contribution is 7.10. The molecule has 0 saturated heterocycles. The normalized spacial score (nSPS) is 12.7. The molecule has 72 valence electrons. The molecular weight excluding hydrogens is 216 g/mol. The van der Waals surface area contributed by atoms with Crippen LogP contribution in [0.2, 0.25) is 5.02 Å². The van der Waals surface area contributed by atoms with Crippen LogP contribution in [0.25, 0.3) is 0 Å². The van der Waals surface area contributed by atoms with E-state index < -0.39 is 0 Å². The highest BCUT2D eigenvalue weighted by Crippen LogP contribution is 2.26. The van der Waals surface area contributed by atoms with Crippen molar-refractivity contribution in [3.05, 3.63) is 51.4 Å². The quantitative estimate of drug-likeness (QED) is 0.852. The number of aromatic nitrogens is 1. The molecule has 0 fully saturated rings. The van der Waals surface area contributed by atoms with Crippen LogP contribution in [0, 0.1) is 0 Å². The van der Waals surface area contributed by atoms with Crippen molar-refractivity contribution in [2.45, 2.75) is 6.04 Å². The summed E-state index contributed by atoms with van der Waals surface area (Å²) in [5, 5.41) is 2.61. The van der Waals surface area contributed by atoms with Gasteiger partial charge in [-0.2, -0.15) is 0 Å². The highest BCUT2D eigenvalue weighted by atomic mass is 35.5. The molecule has 0 aliphatic carbocycles. The molecule has 0 bridgehead atoms. The number of nitrogens with two attached hydrogens (primary N) is 1. The summed E-state index contributed by atoms with van der Waals surface area (Å²) >= 11 is 7.61. The Balaban J connectivity index is 2.37. The molecule has 1 unspecified atom stereocenters. The second kappa shape index (κ2) is 4.09. The topological polar surface area (TPSA) is 38.9 Å². The lowest BCUT2D eigenvalue weighted by Gasteiger charge is -2.09. The van der Waals surface area contributed by atoms with Crippen LogP contribution in [0.3, 0.4) is 0 Å². The van der Waals surface area contributed by atoms with Gasteiger partial charge in [-0.1, -0.05) is 17.7 Å². The summed E-state index contributed by atoms with van der Waals surface area (Å²) < 4.78 is 0. The average molecular weight is 225 g/mol. The predicted octanol–water partition coefficient (Wildman–Crippen LogP) is 2.84. The van der Waals surface area contributed by atoms with Gasteiger partial charge in [-0.05, 0) is 23.6 Å². The Bertz CT molecular complexity index is 414. The highest BCUT2D eigenvalue weighted by Gasteiger charge is 2.13. The summed E-state index contributed by atoms with van der Waals surface area (Å²) in [6.45, 7) is 0. The minimum Gasteiger partial charge on any atom is -0.318 e. The molecule has 0 spiro atoms. The smallest absolute Gasteiger partial charge is 0.0835 e. The van der Waals surface area contributed by atoms with E-state index in [9.17, 15) is 0 Å². The van der Waals surface area contributed by atoms with Crippen molar-refractivity contribution in [1.29, 1.82) is 0 Å². The van der Waals surface area contributed by atoms with Gasteiger partial charge < -0.3 is 5.73 Å². The van der Waals surface area contributed by atoms with E-state index in [1.165, 1.54) is 0 Å². The van der Waals surface area contributed by atoms with Gasteiger partial charge in [0.1, 0.15) is 0 Å². The number of hydrogen-bond acceptors (Lipinski definition) is 3. The standard InChI is InChI=1S/C10H9ClN2S/c11-7-3-1-5-13-10(7)9(12)8-4-2-6-14-8/h1-6,9H,12H2. The van der Waals surface area contributed by atoms with Gasteiger partial charge in [-0.3, -0.25) is 4.98 Å². The van der Waals surface area contributed by atoms with Crippen molar-refractivity contribution in [2.24, 2.45) is 5.73 Å². The van der Waals surface area contributed by atoms with Crippen LogP contribution in [0.4, 0.5) is 0 Å². The van der Waals surface area contributed by atoms with E-state index >= 15 is 0 Å². The van der Waals surface area contributed by atoms with Gasteiger partial charge in [0, 0.05) is 11.1 Å². The van der Waals surface area contributed by atoms with E-state index in [0.29, 0.717) is 5.02 Å². The molecule has 0 aromatic carbocycles. The summed E-state index contributed by atoms with van der Waals surface area (Å²) in [7, 11) is 0. The third-order valence-electron chi connectivity index (χ3n) is 1.93. The Kier molecular flexibility index (Phi) is 2.82. The first-order valence-corrected chi connectivity index (χ1v) is 5.44. The fourth-order valence-corrected chi connectivity index (χ4v) is 2.20. The minimum absolute atomic E-state index is 0.219. The Morgan fingerprint density at radius 2 is 2.21 bits per heavy atom. The molecule has 0 aliphatic rings. The van der Waals surface area contributed by atoms with Crippen LogP contribution in [-0.4, -0.2) is 4.98 Å². The Morgan fingerprint density at radius 3 is 2.86 bits per heavy atom. The largest absolute Gasteiger partial charge is 0.318 e. The number of pyridine rings is 1. The second-order valence-electron chi connectivity index (χ2n) is 2.86. The first kappa shape index (κ1) is 9.65. The van der Waals surface area contributed by atoms with Gasteiger partial charge in [-0.15, -0.1) is 11.3 Å². The van der Waals surface area contributed by atoms with Gasteiger partial charge in [0.15, 0.2) is 0 Å². The third-order valence-corrected chi connectivity index (χ3v) is 3.21. The Labute approximate surface area is 91.4 Å². The minimum atomic E-state index is -0.219. The van der Waals surface area contributed by atoms with Crippen LogP contribution >= 0.6 is 22.9 Å². The van der Waals surface area contributed by atoms with E-state index in [-0.39, 0.29) is 6.04 Å². The van der Waals surface area contributed by atoms with Crippen LogP contribution in [0.5, 0.6) is 0 Å². The summed E-state index contributed by atoms with van der Waals surface area (Å²) in [5.41, 5.74) is 6.76. The van der Waals surface area contributed by atoms with Gasteiger partial charge in [-0.25, -0.2) is 0 Å². The molecule has 0 aliphatic heterocycles. The number of thiophene rings is 1. The number of nitrogens with zero attached hydrogens (tertiary/aromatic N) is 1. The Hall–Kier alpha value is -0.900. The van der Waals surface area contributed by atoms with Crippen LogP contribution in [0.15, 0.2) is 35.8 Å². The zero-order chi connectivity index (χ0) is 9.97. The monoisotopic (exact) mass is 224 g/mol. The lowest BCUT2D eigenvalue weighted by molar-refractivity contribution is 0.847. The van der Waals surface area contributed by atoms with E-state index in [1.807, 2.05) is 17.5 Å². The van der Waals surface area contributed by atoms with Crippen molar-refractivity contribution in [2.75, 3.05) is 0 Å². The zero-order valence-electron chi connectivity index (χ0n) is 7.35. The van der Waals surface area contributed by atoms with Crippen LogP contribution in [0.1, 0.15) is 16.6 Å². The molecule has 4 heteroatoms. The molecule has 2 aromatic rings. The lowest BCUT2D eigenvalue weighted by atomic mass is 10.1. The summed E-state index contributed by atoms with van der Waals surface area (Å²) in [6, 6.07) is 7.34. The van der Waals surface area contributed by atoms with Gasteiger partial charge >= 0.3 is 0 Å². The maximum atomic E-state index is 6.03. The molecular formula is C10H9ClN2S. The third kappa shape index (κ3) is 1.80. The molecule has 0 radical (unpaired) electrons. The van der Waals surface area contributed by atoms with Crippen molar-refractivity contribution in [3.8, 4) is 0 Å². The van der Waals surface area contributed by atoms with E-state index in [1.54, 1.807) is 29.7 Å². The fraction of sp³-hybridized carbons (Fsp3) is 0.100. The summed E-state index contributed by atoms with van der Waals surface area (Å²) in [4.78, 5) is 5.26. The predicted molar refractivity (Wildman–Crippen MR) is 59.6 cm³/mol. The molecule has 2 N–H and O–H groups in total. The van der Waals surface area contributed by atoms with E-state index in [0.717, 1.165) is 10.6 Å². The van der Waals surface area contributed by atoms with Crippen molar-refractivity contribution >= 4 is 22.9 Å². The van der Waals surface area contributed by atoms with Gasteiger partial charge in [0.05, 0.1) is 16.8 Å². The number of rotatable bonds is 2. The van der Waals surface area contributed by atoms with Crippen molar-refractivity contribution in [1.82, 2.24) is 4.98 Å². The van der Waals surface area contributed by atoms with Gasteiger partial charge in [0.2, 0.25) is 0 Å². The molecule has 0 amide bonds. The van der Waals surface area contributed by atoms with Crippen molar-refractivity contribution in [3.63, 3.8) is 0 Å². The maximum absolute atomic E-state index is 6.03. The second-order valence-corrected chi connectivity index (χ2v) is 4.25. The number of hydrogen-bond donors (Lipinski definition) is 1. The zero-order valence-corrected chi connectivity index (χ0v) is 8.92. The summed E-state index contributed by atoms with van der Waals surface area (Å²) in [5.74, 6) is 0. The molecule has 14 heavy (non-hydrogen) atoms. The van der Waals surface area contributed by atoms with Crippen LogP contribution < -0.4 is 5.73 Å².